The van der Waals surface area contributed by atoms with E-state index >= 15 is 0 Å². The molecule has 0 amide bonds. The quantitative estimate of drug-likeness (QED) is 0.684. The molecule has 1 aromatic carbocycles. The van der Waals surface area contributed by atoms with Crippen LogP contribution in [0.25, 0.3) is 5.65 Å². The van der Waals surface area contributed by atoms with Gasteiger partial charge in [0.1, 0.15) is 5.65 Å². The molecule has 29 heavy (non-hydrogen) atoms. The van der Waals surface area contributed by atoms with Crippen molar-refractivity contribution in [2.75, 3.05) is 19.8 Å². The maximum Gasteiger partial charge on any atom is 0.258 e. The van der Waals surface area contributed by atoms with Crippen molar-refractivity contribution < 1.29 is 9.47 Å². The SMILES string of the molecule is Cc1cccc2nc(CN3CCC[C@@H]3c3ccc4c(c3)OCCCO4)cc(=O)n12. The number of fused-ring (bicyclic) bond motifs is 2. The number of hydrogen-bond acceptors (Lipinski definition) is 5. The van der Waals surface area contributed by atoms with E-state index in [1.165, 1.54) is 5.56 Å². The summed E-state index contributed by atoms with van der Waals surface area (Å²) in [7, 11) is 0. The van der Waals surface area contributed by atoms with Gasteiger partial charge < -0.3 is 9.47 Å². The second-order valence-corrected chi connectivity index (χ2v) is 7.83. The Morgan fingerprint density at radius 1 is 1.07 bits per heavy atom. The summed E-state index contributed by atoms with van der Waals surface area (Å²) in [5.74, 6) is 1.67. The summed E-state index contributed by atoms with van der Waals surface area (Å²) in [6.45, 7) is 4.98. The van der Waals surface area contributed by atoms with E-state index in [0.29, 0.717) is 31.4 Å². The van der Waals surface area contributed by atoms with Gasteiger partial charge in [-0.2, -0.15) is 0 Å². The Bertz CT molecular complexity index is 1110. The fourth-order valence-corrected chi connectivity index (χ4v) is 4.43. The van der Waals surface area contributed by atoms with Crippen LogP contribution in [0.3, 0.4) is 0 Å². The zero-order valence-corrected chi connectivity index (χ0v) is 16.6. The molecule has 1 saturated heterocycles. The first-order chi connectivity index (χ1) is 14.2. The first kappa shape index (κ1) is 18.2. The minimum atomic E-state index is -0.0190. The summed E-state index contributed by atoms with van der Waals surface area (Å²) in [5.41, 5.74) is 3.65. The first-order valence-corrected chi connectivity index (χ1v) is 10.3. The number of rotatable bonds is 3. The van der Waals surface area contributed by atoms with Crippen molar-refractivity contribution in [1.82, 2.24) is 14.3 Å². The highest BCUT2D eigenvalue weighted by Crippen LogP contribution is 2.38. The second-order valence-electron chi connectivity index (χ2n) is 7.83. The minimum Gasteiger partial charge on any atom is -0.490 e. The highest BCUT2D eigenvalue weighted by Gasteiger charge is 2.27. The van der Waals surface area contributed by atoms with Gasteiger partial charge in [0.2, 0.25) is 0 Å². The van der Waals surface area contributed by atoms with Crippen LogP contribution in [-0.2, 0) is 6.54 Å². The molecular weight excluding hydrogens is 366 g/mol. The Kier molecular flexibility index (Phi) is 4.72. The number of hydrogen-bond donors (Lipinski definition) is 0. The Balaban J connectivity index is 1.43. The molecule has 4 heterocycles. The highest BCUT2D eigenvalue weighted by atomic mass is 16.5. The molecule has 0 spiro atoms. The number of pyridine rings is 1. The predicted octanol–water partition coefficient (Wildman–Crippen LogP) is 3.50. The van der Waals surface area contributed by atoms with Crippen LogP contribution in [0.2, 0.25) is 0 Å². The molecule has 0 bridgehead atoms. The van der Waals surface area contributed by atoms with Crippen molar-refractivity contribution in [3.8, 4) is 11.5 Å². The average Bonchev–Trinajstić information content (AvgIpc) is 3.03. The molecular formula is C23H25N3O3. The van der Waals surface area contributed by atoms with Crippen LogP contribution < -0.4 is 15.0 Å². The molecule has 2 aliphatic rings. The highest BCUT2D eigenvalue weighted by molar-refractivity contribution is 5.44. The van der Waals surface area contributed by atoms with Crippen LogP contribution in [0.5, 0.6) is 11.5 Å². The number of ether oxygens (including phenoxy) is 2. The van der Waals surface area contributed by atoms with Crippen LogP contribution in [0.15, 0.2) is 47.3 Å². The fourth-order valence-electron chi connectivity index (χ4n) is 4.43. The van der Waals surface area contributed by atoms with Gasteiger partial charge in [0.05, 0.1) is 18.9 Å². The molecule has 2 aromatic heterocycles. The molecule has 1 fully saturated rings. The van der Waals surface area contributed by atoms with Gasteiger partial charge in [-0.15, -0.1) is 0 Å². The molecule has 2 aliphatic heterocycles. The molecule has 1 atom stereocenters. The molecule has 0 unspecified atom stereocenters. The van der Waals surface area contributed by atoms with Crippen molar-refractivity contribution in [3.63, 3.8) is 0 Å². The van der Waals surface area contributed by atoms with Crippen LogP contribution in [0, 0.1) is 6.92 Å². The maximum atomic E-state index is 12.6. The fraction of sp³-hybridized carbons (Fsp3) is 0.391. The minimum absolute atomic E-state index is 0.0190. The van der Waals surface area contributed by atoms with E-state index in [1.54, 1.807) is 10.5 Å². The van der Waals surface area contributed by atoms with E-state index in [2.05, 4.69) is 17.0 Å². The average molecular weight is 391 g/mol. The summed E-state index contributed by atoms with van der Waals surface area (Å²) in [6.07, 6.45) is 3.12. The van der Waals surface area contributed by atoms with Gasteiger partial charge in [-0.3, -0.25) is 14.1 Å². The van der Waals surface area contributed by atoms with E-state index in [-0.39, 0.29) is 5.56 Å². The largest absolute Gasteiger partial charge is 0.490 e. The third-order valence-corrected chi connectivity index (χ3v) is 5.82. The lowest BCUT2D eigenvalue weighted by Gasteiger charge is -2.25. The lowest BCUT2D eigenvalue weighted by atomic mass is 10.0. The number of benzene rings is 1. The molecule has 6 heteroatoms. The summed E-state index contributed by atoms with van der Waals surface area (Å²) in [6, 6.07) is 14.0. The molecule has 0 radical (unpaired) electrons. The number of likely N-dealkylation sites (tertiary alicyclic amines) is 1. The Hall–Kier alpha value is -2.86. The van der Waals surface area contributed by atoms with Gasteiger partial charge in [-0.1, -0.05) is 12.1 Å². The molecule has 0 saturated carbocycles. The number of nitrogens with zero attached hydrogens (tertiary/aromatic N) is 3. The third-order valence-electron chi connectivity index (χ3n) is 5.82. The molecule has 0 aliphatic carbocycles. The molecule has 5 rings (SSSR count). The summed E-state index contributed by atoms with van der Waals surface area (Å²) in [4.78, 5) is 19.8. The first-order valence-electron chi connectivity index (χ1n) is 10.3. The maximum absolute atomic E-state index is 12.6. The van der Waals surface area contributed by atoms with E-state index in [0.717, 1.165) is 48.7 Å². The molecule has 3 aromatic rings. The molecule has 6 nitrogen and oxygen atoms in total. The van der Waals surface area contributed by atoms with Gasteiger partial charge >= 0.3 is 0 Å². The van der Waals surface area contributed by atoms with E-state index in [9.17, 15) is 4.79 Å². The second kappa shape index (κ2) is 7.52. The van der Waals surface area contributed by atoms with Crippen molar-refractivity contribution in [2.45, 2.75) is 38.8 Å². The standard InChI is InChI=1S/C23H25N3O3/c1-16-5-2-7-22-24-18(14-23(27)26(16)22)15-25-10-3-6-19(25)17-8-9-20-21(13-17)29-12-4-11-28-20/h2,5,7-9,13-14,19H,3-4,6,10-12,15H2,1H3/t19-/m1/s1. The van der Waals surface area contributed by atoms with Gasteiger partial charge in [0.15, 0.2) is 11.5 Å². The number of aryl methyl sites for hydroxylation is 1. The Labute approximate surface area is 169 Å². The summed E-state index contributed by atoms with van der Waals surface area (Å²) in [5, 5.41) is 0. The van der Waals surface area contributed by atoms with Crippen molar-refractivity contribution >= 4 is 5.65 Å². The molecule has 150 valence electrons. The smallest absolute Gasteiger partial charge is 0.258 e. The lowest BCUT2D eigenvalue weighted by molar-refractivity contribution is 0.244. The van der Waals surface area contributed by atoms with Crippen LogP contribution >= 0.6 is 0 Å². The van der Waals surface area contributed by atoms with E-state index < -0.39 is 0 Å². The van der Waals surface area contributed by atoms with Crippen molar-refractivity contribution in [2.24, 2.45) is 0 Å². The normalized spacial score (nSPS) is 19.4. The zero-order chi connectivity index (χ0) is 19.8. The Morgan fingerprint density at radius 3 is 2.83 bits per heavy atom. The van der Waals surface area contributed by atoms with Crippen LogP contribution in [0.4, 0.5) is 0 Å². The van der Waals surface area contributed by atoms with Crippen molar-refractivity contribution in [1.29, 1.82) is 0 Å². The van der Waals surface area contributed by atoms with E-state index in [1.807, 2.05) is 31.2 Å². The molecule has 0 N–H and O–H groups in total. The van der Waals surface area contributed by atoms with E-state index in [4.69, 9.17) is 14.5 Å². The van der Waals surface area contributed by atoms with Gasteiger partial charge in [0, 0.05) is 30.8 Å². The van der Waals surface area contributed by atoms with Crippen LogP contribution in [-0.4, -0.2) is 34.0 Å². The van der Waals surface area contributed by atoms with Gasteiger partial charge in [-0.05, 0) is 56.1 Å². The summed E-state index contributed by atoms with van der Waals surface area (Å²) >= 11 is 0. The van der Waals surface area contributed by atoms with Gasteiger partial charge in [-0.25, -0.2) is 4.98 Å². The summed E-state index contributed by atoms with van der Waals surface area (Å²) < 4.78 is 13.3. The topological polar surface area (TPSA) is 56.1 Å². The third kappa shape index (κ3) is 3.49. The number of aromatic nitrogens is 2. The predicted molar refractivity (Wildman–Crippen MR) is 111 cm³/mol. The zero-order valence-electron chi connectivity index (χ0n) is 16.6. The van der Waals surface area contributed by atoms with Gasteiger partial charge in [0.25, 0.3) is 5.56 Å². The lowest BCUT2D eigenvalue weighted by Crippen LogP contribution is -2.25. The van der Waals surface area contributed by atoms with Crippen molar-refractivity contribution in [3.05, 3.63) is 69.8 Å². The van der Waals surface area contributed by atoms with Crippen LogP contribution in [0.1, 0.15) is 42.3 Å². The monoisotopic (exact) mass is 391 g/mol. The Morgan fingerprint density at radius 2 is 1.93 bits per heavy atom.